The van der Waals surface area contributed by atoms with Crippen molar-refractivity contribution in [3.63, 3.8) is 0 Å². The van der Waals surface area contributed by atoms with Crippen LogP contribution in [0.3, 0.4) is 0 Å². The minimum Gasteiger partial charge on any atom is -0.417 e. The molecule has 0 fully saturated rings. The van der Waals surface area contributed by atoms with Crippen molar-refractivity contribution in [2.45, 2.75) is 71.5 Å². The summed E-state index contributed by atoms with van der Waals surface area (Å²) in [5.74, 6) is 0. The first-order chi connectivity index (χ1) is 7.81. The number of hydrogen-bond acceptors (Lipinski definition) is 2. The van der Waals surface area contributed by atoms with Crippen LogP contribution in [0.5, 0.6) is 0 Å². The van der Waals surface area contributed by atoms with Crippen molar-refractivity contribution >= 4 is 8.32 Å². The van der Waals surface area contributed by atoms with E-state index < -0.39 is 8.32 Å². The highest BCUT2D eigenvalue weighted by Crippen LogP contribution is 2.36. The molecule has 0 heterocycles. The van der Waals surface area contributed by atoms with Crippen molar-refractivity contribution < 1.29 is 4.43 Å². The van der Waals surface area contributed by atoms with E-state index in [0.29, 0.717) is 5.04 Å². The van der Waals surface area contributed by atoms with Crippen LogP contribution in [-0.2, 0) is 4.43 Å². The summed E-state index contributed by atoms with van der Waals surface area (Å²) < 4.78 is 6.13. The van der Waals surface area contributed by atoms with Crippen LogP contribution < -0.4 is 5.32 Å². The van der Waals surface area contributed by atoms with Crippen LogP contribution in [0, 0.1) is 0 Å². The first-order valence-electron chi connectivity index (χ1n) is 7.16. The van der Waals surface area contributed by atoms with Crippen LogP contribution in [-0.4, -0.2) is 28.0 Å². The molecule has 0 aliphatic carbocycles. The summed E-state index contributed by atoms with van der Waals surface area (Å²) in [6.45, 7) is 17.0. The van der Waals surface area contributed by atoms with Crippen molar-refractivity contribution in [3.8, 4) is 0 Å². The van der Waals surface area contributed by atoms with E-state index >= 15 is 0 Å². The Bertz CT molecular complexity index is 187. The molecule has 0 aromatic rings. The molecule has 0 saturated carbocycles. The molecule has 0 radical (unpaired) electrons. The summed E-state index contributed by atoms with van der Waals surface area (Å²) in [5.41, 5.74) is 0. The highest BCUT2D eigenvalue weighted by atomic mass is 28.4. The second-order valence-electron chi connectivity index (χ2n) is 6.42. The predicted octanol–water partition coefficient (Wildman–Crippen LogP) is 4.18. The molecular formula is C14H33NOSi. The molecule has 0 aliphatic rings. The molecule has 0 aromatic carbocycles. The third-order valence-corrected chi connectivity index (χ3v) is 8.26. The normalized spacial score (nSPS) is 13.1. The zero-order valence-electron chi connectivity index (χ0n) is 12.9. The third kappa shape index (κ3) is 7.95. The largest absolute Gasteiger partial charge is 0.417 e. The Morgan fingerprint density at radius 3 is 2.12 bits per heavy atom. The Hall–Kier alpha value is 0.137. The average molecular weight is 260 g/mol. The number of nitrogens with one attached hydrogen (secondary N) is 1. The summed E-state index contributed by atoms with van der Waals surface area (Å²) in [5, 5.41) is 3.81. The Kier molecular flexibility index (Phi) is 8.34. The minimum atomic E-state index is -1.51. The Balaban J connectivity index is 3.46. The van der Waals surface area contributed by atoms with Crippen LogP contribution in [0.1, 0.15) is 53.4 Å². The molecular weight excluding hydrogens is 226 g/mol. The van der Waals surface area contributed by atoms with Crippen molar-refractivity contribution in [2.75, 3.05) is 19.7 Å². The standard InChI is InChI=1S/C14H33NOSi/c1-7-8-11-15-12-9-10-13-16-17(5,6)14(2,3)4/h15H,7-13H2,1-6H3. The third-order valence-electron chi connectivity index (χ3n) is 3.72. The van der Waals surface area contributed by atoms with E-state index in [1.165, 1.54) is 32.2 Å². The Labute approximate surface area is 110 Å². The van der Waals surface area contributed by atoms with Crippen molar-refractivity contribution in [1.29, 1.82) is 0 Å². The quantitative estimate of drug-likeness (QED) is 0.495. The van der Waals surface area contributed by atoms with Gasteiger partial charge in [0.15, 0.2) is 8.32 Å². The molecule has 0 bridgehead atoms. The lowest BCUT2D eigenvalue weighted by Gasteiger charge is -2.36. The maximum absolute atomic E-state index is 6.13. The smallest absolute Gasteiger partial charge is 0.191 e. The molecule has 0 saturated heterocycles. The van der Waals surface area contributed by atoms with Crippen molar-refractivity contribution in [2.24, 2.45) is 0 Å². The summed E-state index contributed by atoms with van der Waals surface area (Å²) in [4.78, 5) is 0. The fourth-order valence-electron chi connectivity index (χ4n) is 1.32. The van der Waals surface area contributed by atoms with Crippen molar-refractivity contribution in [1.82, 2.24) is 5.32 Å². The summed E-state index contributed by atoms with van der Waals surface area (Å²) >= 11 is 0. The maximum atomic E-state index is 6.13. The van der Waals surface area contributed by atoms with E-state index in [-0.39, 0.29) is 0 Å². The average Bonchev–Trinajstić information content (AvgIpc) is 2.20. The molecule has 17 heavy (non-hydrogen) atoms. The lowest BCUT2D eigenvalue weighted by atomic mass is 10.2. The molecule has 2 nitrogen and oxygen atoms in total. The SMILES string of the molecule is CCCCNCCCCO[Si](C)(C)C(C)(C)C. The molecule has 0 spiro atoms. The molecule has 0 rings (SSSR count). The van der Waals surface area contributed by atoms with E-state index in [1.54, 1.807) is 0 Å². The van der Waals surface area contributed by atoms with E-state index in [2.05, 4.69) is 46.1 Å². The lowest BCUT2D eigenvalue weighted by molar-refractivity contribution is 0.278. The highest BCUT2D eigenvalue weighted by molar-refractivity contribution is 6.74. The minimum absolute atomic E-state index is 0.340. The predicted molar refractivity (Wildman–Crippen MR) is 80.2 cm³/mol. The second-order valence-corrected chi connectivity index (χ2v) is 11.2. The molecule has 0 atom stereocenters. The van der Waals surface area contributed by atoms with Gasteiger partial charge in [0.1, 0.15) is 0 Å². The van der Waals surface area contributed by atoms with E-state index in [1.807, 2.05) is 0 Å². The van der Waals surface area contributed by atoms with Gasteiger partial charge in [0.25, 0.3) is 0 Å². The van der Waals surface area contributed by atoms with Gasteiger partial charge < -0.3 is 9.74 Å². The fraction of sp³-hybridized carbons (Fsp3) is 1.00. The van der Waals surface area contributed by atoms with Crippen LogP contribution in [0.15, 0.2) is 0 Å². The van der Waals surface area contributed by atoms with Gasteiger partial charge in [-0.2, -0.15) is 0 Å². The van der Waals surface area contributed by atoms with Gasteiger partial charge in [-0.05, 0) is 50.5 Å². The topological polar surface area (TPSA) is 21.3 Å². The van der Waals surface area contributed by atoms with Crippen LogP contribution in [0.25, 0.3) is 0 Å². The zero-order valence-corrected chi connectivity index (χ0v) is 13.9. The van der Waals surface area contributed by atoms with Gasteiger partial charge in [0.2, 0.25) is 0 Å². The molecule has 0 amide bonds. The molecule has 3 heteroatoms. The Morgan fingerprint density at radius 2 is 1.59 bits per heavy atom. The number of hydrogen-bond donors (Lipinski definition) is 1. The van der Waals surface area contributed by atoms with Gasteiger partial charge in [-0.1, -0.05) is 34.1 Å². The molecule has 0 unspecified atom stereocenters. The number of unbranched alkanes of at least 4 members (excludes halogenated alkanes) is 2. The summed E-state index contributed by atoms with van der Waals surface area (Å²) in [6, 6.07) is 0. The van der Waals surface area contributed by atoms with Gasteiger partial charge >= 0.3 is 0 Å². The Morgan fingerprint density at radius 1 is 1.00 bits per heavy atom. The first kappa shape index (κ1) is 17.1. The molecule has 0 aliphatic heterocycles. The first-order valence-corrected chi connectivity index (χ1v) is 10.1. The van der Waals surface area contributed by atoms with Crippen LogP contribution in [0.2, 0.25) is 18.1 Å². The summed E-state index contributed by atoms with van der Waals surface area (Å²) in [7, 11) is -1.51. The van der Waals surface area contributed by atoms with Crippen LogP contribution in [0.4, 0.5) is 0 Å². The number of rotatable bonds is 9. The van der Waals surface area contributed by atoms with E-state index in [0.717, 1.165) is 13.2 Å². The van der Waals surface area contributed by atoms with Gasteiger partial charge in [0, 0.05) is 6.61 Å². The van der Waals surface area contributed by atoms with Crippen molar-refractivity contribution in [3.05, 3.63) is 0 Å². The van der Waals surface area contributed by atoms with Gasteiger partial charge in [0.05, 0.1) is 0 Å². The van der Waals surface area contributed by atoms with Gasteiger partial charge in [-0.25, -0.2) is 0 Å². The highest BCUT2D eigenvalue weighted by Gasteiger charge is 2.36. The van der Waals surface area contributed by atoms with E-state index in [9.17, 15) is 0 Å². The molecule has 1 N–H and O–H groups in total. The maximum Gasteiger partial charge on any atom is 0.191 e. The summed E-state index contributed by atoms with van der Waals surface area (Å²) in [6.07, 6.45) is 4.99. The molecule has 0 aromatic heterocycles. The fourth-order valence-corrected chi connectivity index (χ4v) is 2.41. The second kappa shape index (κ2) is 8.28. The van der Waals surface area contributed by atoms with Gasteiger partial charge in [-0.15, -0.1) is 0 Å². The lowest BCUT2D eigenvalue weighted by Crippen LogP contribution is -2.41. The van der Waals surface area contributed by atoms with E-state index in [4.69, 9.17) is 4.43 Å². The monoisotopic (exact) mass is 259 g/mol. The zero-order chi connectivity index (χ0) is 13.4. The van der Waals surface area contributed by atoms with Crippen LogP contribution >= 0.6 is 0 Å². The van der Waals surface area contributed by atoms with Gasteiger partial charge in [-0.3, -0.25) is 0 Å². The molecule has 104 valence electrons.